The number of benzene rings is 1. The van der Waals surface area contributed by atoms with Crippen LogP contribution in [0.5, 0.6) is 0 Å². The van der Waals surface area contributed by atoms with Crippen LogP contribution in [0.2, 0.25) is 0 Å². The van der Waals surface area contributed by atoms with Gasteiger partial charge in [0.25, 0.3) is 0 Å². The smallest absolute Gasteiger partial charge is 0.372 e. The average molecular weight is 262 g/mol. The summed E-state index contributed by atoms with van der Waals surface area (Å²) in [6, 6.07) is 5.80. The van der Waals surface area contributed by atoms with E-state index in [1.807, 2.05) is 18.2 Å². The van der Waals surface area contributed by atoms with Gasteiger partial charge >= 0.3 is 5.97 Å². The molecule has 102 valence electrons. The molecule has 0 saturated heterocycles. The van der Waals surface area contributed by atoms with Crippen LogP contribution in [0.1, 0.15) is 47.9 Å². The number of carbonyl (C=O) groups is 1. The average Bonchev–Trinajstić information content (AvgIpc) is 2.77. The Morgan fingerprint density at radius 3 is 2.79 bits per heavy atom. The number of carboxylic acid groups (broad SMARTS) is 1. The molecule has 1 aromatic heterocycles. The fourth-order valence-corrected chi connectivity index (χ4v) is 2.26. The molecule has 1 N–H and O–H groups in total. The topological polar surface area (TPSA) is 59.7 Å². The lowest BCUT2D eigenvalue weighted by Gasteiger charge is -2.08. The first-order valence-corrected chi connectivity index (χ1v) is 6.36. The van der Waals surface area contributed by atoms with Crippen molar-refractivity contribution >= 4 is 16.9 Å². The minimum absolute atomic E-state index is 0.0207. The molecule has 2 aromatic rings. The SMILES string of the molecule is CCC(C)c1cccc2c(COC)c(C(=O)O)oc12. The summed E-state index contributed by atoms with van der Waals surface area (Å²) in [5, 5.41) is 10.1. The summed E-state index contributed by atoms with van der Waals surface area (Å²) in [6.45, 7) is 4.44. The number of rotatable bonds is 5. The quantitative estimate of drug-likeness (QED) is 0.890. The number of hydrogen-bond donors (Lipinski definition) is 1. The first-order valence-electron chi connectivity index (χ1n) is 6.36. The highest BCUT2D eigenvalue weighted by molar-refractivity contribution is 5.96. The second-order valence-corrected chi connectivity index (χ2v) is 4.68. The van der Waals surface area contributed by atoms with Gasteiger partial charge in [0.1, 0.15) is 5.58 Å². The second kappa shape index (κ2) is 5.45. The van der Waals surface area contributed by atoms with Gasteiger partial charge in [0.15, 0.2) is 0 Å². The van der Waals surface area contributed by atoms with Crippen LogP contribution in [0, 0.1) is 0 Å². The number of fused-ring (bicyclic) bond motifs is 1. The molecule has 4 nitrogen and oxygen atoms in total. The third-order valence-corrected chi connectivity index (χ3v) is 3.48. The first-order chi connectivity index (χ1) is 9.10. The molecule has 0 fully saturated rings. The Morgan fingerprint density at radius 1 is 1.47 bits per heavy atom. The van der Waals surface area contributed by atoms with Gasteiger partial charge in [0.05, 0.1) is 6.61 Å². The van der Waals surface area contributed by atoms with E-state index in [9.17, 15) is 9.90 Å². The van der Waals surface area contributed by atoms with E-state index in [0.29, 0.717) is 17.1 Å². The van der Waals surface area contributed by atoms with E-state index in [0.717, 1.165) is 17.4 Å². The van der Waals surface area contributed by atoms with Crippen molar-refractivity contribution in [3.8, 4) is 0 Å². The zero-order chi connectivity index (χ0) is 14.0. The number of carboxylic acids is 1. The van der Waals surface area contributed by atoms with E-state index in [2.05, 4.69) is 13.8 Å². The van der Waals surface area contributed by atoms with Crippen LogP contribution < -0.4 is 0 Å². The molecule has 1 aromatic carbocycles. The van der Waals surface area contributed by atoms with Crippen molar-refractivity contribution in [3.05, 3.63) is 35.1 Å². The lowest BCUT2D eigenvalue weighted by atomic mass is 9.96. The molecule has 0 saturated carbocycles. The summed E-state index contributed by atoms with van der Waals surface area (Å²) in [5.74, 6) is -0.752. The van der Waals surface area contributed by atoms with Gasteiger partial charge in [-0.15, -0.1) is 0 Å². The summed E-state index contributed by atoms with van der Waals surface area (Å²) in [5.41, 5.74) is 2.32. The maximum atomic E-state index is 11.3. The number of aromatic carboxylic acids is 1. The fourth-order valence-electron chi connectivity index (χ4n) is 2.26. The van der Waals surface area contributed by atoms with Crippen LogP contribution in [0.4, 0.5) is 0 Å². The van der Waals surface area contributed by atoms with Crippen molar-refractivity contribution in [2.45, 2.75) is 32.8 Å². The molecule has 0 amide bonds. The third kappa shape index (κ3) is 2.36. The molecule has 0 spiro atoms. The standard InChI is InChI=1S/C15H18O4/c1-4-9(2)10-6-5-7-11-12(8-18-3)14(15(16)17)19-13(10)11/h5-7,9H,4,8H2,1-3H3,(H,16,17). The van der Waals surface area contributed by atoms with Gasteiger partial charge in [-0.3, -0.25) is 0 Å². The summed E-state index contributed by atoms with van der Waals surface area (Å²) in [4.78, 5) is 11.3. The van der Waals surface area contributed by atoms with E-state index in [4.69, 9.17) is 9.15 Å². The zero-order valence-corrected chi connectivity index (χ0v) is 11.4. The van der Waals surface area contributed by atoms with Gasteiger partial charge in [-0.25, -0.2) is 4.79 Å². The van der Waals surface area contributed by atoms with Gasteiger partial charge in [0.2, 0.25) is 5.76 Å². The molecule has 0 aliphatic carbocycles. The third-order valence-electron chi connectivity index (χ3n) is 3.48. The highest BCUT2D eigenvalue weighted by Gasteiger charge is 2.22. The predicted octanol–water partition coefficient (Wildman–Crippen LogP) is 3.79. The highest BCUT2D eigenvalue weighted by atomic mass is 16.5. The monoisotopic (exact) mass is 262 g/mol. The van der Waals surface area contributed by atoms with Crippen molar-refractivity contribution in [1.29, 1.82) is 0 Å². The van der Waals surface area contributed by atoms with Crippen LogP contribution in [0.25, 0.3) is 11.0 Å². The second-order valence-electron chi connectivity index (χ2n) is 4.68. The van der Waals surface area contributed by atoms with Gasteiger partial charge < -0.3 is 14.3 Å². The Labute approximate surface area is 112 Å². The lowest BCUT2D eigenvalue weighted by Crippen LogP contribution is -1.99. The fraction of sp³-hybridized carbons (Fsp3) is 0.400. The van der Waals surface area contributed by atoms with Gasteiger partial charge in [-0.05, 0) is 17.9 Å². The molecule has 0 aliphatic rings. The van der Waals surface area contributed by atoms with Crippen LogP contribution in [-0.4, -0.2) is 18.2 Å². The van der Waals surface area contributed by atoms with Crippen molar-refractivity contribution in [2.75, 3.05) is 7.11 Å². The summed E-state index contributed by atoms with van der Waals surface area (Å²) in [7, 11) is 1.54. The van der Waals surface area contributed by atoms with E-state index in [-0.39, 0.29) is 12.4 Å². The first kappa shape index (κ1) is 13.6. The van der Waals surface area contributed by atoms with Crippen molar-refractivity contribution in [1.82, 2.24) is 0 Å². The number of furan rings is 1. The largest absolute Gasteiger partial charge is 0.475 e. The number of hydrogen-bond acceptors (Lipinski definition) is 3. The number of ether oxygens (including phenoxy) is 1. The van der Waals surface area contributed by atoms with Crippen LogP contribution in [0.3, 0.4) is 0 Å². The summed E-state index contributed by atoms with van der Waals surface area (Å²) in [6.07, 6.45) is 0.974. The molecule has 2 rings (SSSR count). The Morgan fingerprint density at radius 2 is 2.21 bits per heavy atom. The normalized spacial score (nSPS) is 12.8. The maximum Gasteiger partial charge on any atom is 0.372 e. The maximum absolute atomic E-state index is 11.3. The van der Waals surface area contributed by atoms with E-state index < -0.39 is 5.97 Å². The lowest BCUT2D eigenvalue weighted by molar-refractivity contribution is 0.0658. The van der Waals surface area contributed by atoms with Crippen molar-refractivity contribution in [2.24, 2.45) is 0 Å². The molecule has 19 heavy (non-hydrogen) atoms. The Kier molecular flexibility index (Phi) is 3.90. The highest BCUT2D eigenvalue weighted by Crippen LogP contribution is 2.33. The zero-order valence-electron chi connectivity index (χ0n) is 11.4. The molecular formula is C15H18O4. The Hall–Kier alpha value is -1.81. The van der Waals surface area contributed by atoms with Crippen LogP contribution in [0.15, 0.2) is 22.6 Å². The van der Waals surface area contributed by atoms with Gasteiger partial charge in [-0.2, -0.15) is 0 Å². The van der Waals surface area contributed by atoms with Crippen LogP contribution in [-0.2, 0) is 11.3 Å². The molecule has 1 unspecified atom stereocenters. The molecule has 1 atom stereocenters. The Balaban J connectivity index is 2.71. The minimum Gasteiger partial charge on any atom is -0.475 e. The summed E-state index contributed by atoms with van der Waals surface area (Å²) >= 11 is 0. The van der Waals surface area contributed by atoms with Gasteiger partial charge in [-0.1, -0.05) is 32.0 Å². The number of para-hydroxylation sites is 1. The predicted molar refractivity (Wildman–Crippen MR) is 72.6 cm³/mol. The molecule has 1 heterocycles. The van der Waals surface area contributed by atoms with Crippen molar-refractivity contribution in [3.63, 3.8) is 0 Å². The molecular weight excluding hydrogens is 244 g/mol. The van der Waals surface area contributed by atoms with Crippen LogP contribution >= 0.6 is 0 Å². The van der Waals surface area contributed by atoms with E-state index in [1.54, 1.807) is 7.11 Å². The summed E-state index contributed by atoms with van der Waals surface area (Å²) < 4.78 is 10.7. The van der Waals surface area contributed by atoms with E-state index >= 15 is 0 Å². The van der Waals surface area contributed by atoms with Crippen molar-refractivity contribution < 1.29 is 19.1 Å². The molecule has 4 heteroatoms. The molecule has 0 radical (unpaired) electrons. The van der Waals surface area contributed by atoms with E-state index in [1.165, 1.54) is 0 Å². The molecule has 0 aliphatic heterocycles. The Bertz CT molecular complexity index is 597. The molecule has 0 bridgehead atoms. The number of methoxy groups -OCH3 is 1. The minimum atomic E-state index is -1.06. The van der Waals surface area contributed by atoms with Gasteiger partial charge in [0, 0.05) is 18.1 Å².